The van der Waals surface area contributed by atoms with Crippen LogP contribution in [0.15, 0.2) is 199 Å². The maximum Gasteiger partial charge on any atom is 0.159 e. The zero-order valence-corrected chi connectivity index (χ0v) is 32.2. The molecule has 0 radical (unpaired) electrons. The van der Waals surface area contributed by atoms with Crippen molar-refractivity contribution in [2.24, 2.45) is 0 Å². The summed E-state index contributed by atoms with van der Waals surface area (Å²) >= 11 is 3.69. The first-order chi connectivity index (χ1) is 28.2. The first-order valence-electron chi connectivity index (χ1n) is 19.2. The van der Waals surface area contributed by atoms with Crippen LogP contribution >= 0.6 is 22.7 Å². The van der Waals surface area contributed by atoms with E-state index in [2.05, 4.69) is 204 Å². The van der Waals surface area contributed by atoms with Crippen molar-refractivity contribution in [3.8, 4) is 0 Å². The second kappa shape index (κ2) is 12.8. The Balaban J connectivity index is 1.20. The summed E-state index contributed by atoms with van der Waals surface area (Å²) < 4.78 is 12.2. The van der Waals surface area contributed by atoms with E-state index < -0.39 is 0 Å². The van der Waals surface area contributed by atoms with Crippen molar-refractivity contribution >= 4 is 130 Å². The highest BCUT2D eigenvalue weighted by Gasteiger charge is 2.25. The second-order valence-electron chi connectivity index (χ2n) is 14.5. The Morgan fingerprint density at radius 3 is 1.47 bits per heavy atom. The Morgan fingerprint density at radius 1 is 0.333 bits per heavy atom. The van der Waals surface area contributed by atoms with Gasteiger partial charge in [-0.2, -0.15) is 0 Å². The third kappa shape index (κ3) is 5.17. The van der Waals surface area contributed by atoms with E-state index >= 15 is 0 Å². The second-order valence-corrected chi connectivity index (χ2v) is 16.7. The van der Waals surface area contributed by atoms with E-state index in [-0.39, 0.29) is 0 Å². The average molecular weight is 765 g/mol. The molecule has 0 aliphatic carbocycles. The molecule has 0 unspecified atom stereocenters. The predicted molar refractivity (Wildman–Crippen MR) is 246 cm³/mol. The zero-order chi connectivity index (χ0) is 37.5. The number of furan rings is 1. The van der Waals surface area contributed by atoms with Crippen LogP contribution in [0.3, 0.4) is 0 Å². The van der Waals surface area contributed by atoms with E-state index in [0.29, 0.717) is 0 Å². The first-order valence-corrected chi connectivity index (χ1v) is 20.8. The monoisotopic (exact) mass is 764 g/mol. The lowest BCUT2D eigenvalue weighted by atomic mass is 10.0. The highest BCUT2D eigenvalue weighted by atomic mass is 32.1. The summed E-state index contributed by atoms with van der Waals surface area (Å²) in [4.78, 5) is 4.77. The molecule has 0 aliphatic heterocycles. The molecular formula is C52H32N2OS2. The van der Waals surface area contributed by atoms with Crippen molar-refractivity contribution in [1.29, 1.82) is 0 Å². The van der Waals surface area contributed by atoms with E-state index in [1.807, 2.05) is 22.7 Å². The minimum absolute atomic E-state index is 0.846. The van der Waals surface area contributed by atoms with Crippen LogP contribution in [0.25, 0.3) is 73.1 Å². The van der Waals surface area contributed by atoms with Gasteiger partial charge in [0.1, 0.15) is 5.58 Å². The highest BCUT2D eigenvalue weighted by Crippen LogP contribution is 2.50. The van der Waals surface area contributed by atoms with Crippen molar-refractivity contribution in [2.75, 3.05) is 9.80 Å². The van der Waals surface area contributed by atoms with Gasteiger partial charge in [-0.3, -0.25) is 0 Å². The lowest BCUT2D eigenvalue weighted by molar-refractivity contribution is 0.669. The number of nitrogens with zero attached hydrogens (tertiary/aromatic N) is 2. The number of rotatable bonds is 6. The highest BCUT2D eigenvalue weighted by molar-refractivity contribution is 7.26. The molecule has 0 spiro atoms. The minimum atomic E-state index is 0.846. The third-order valence-electron chi connectivity index (χ3n) is 11.2. The maximum absolute atomic E-state index is 7.08. The molecule has 0 aliphatic rings. The van der Waals surface area contributed by atoms with Gasteiger partial charge in [0.15, 0.2) is 5.58 Å². The molecule has 57 heavy (non-hydrogen) atoms. The number of para-hydroxylation sites is 2. The van der Waals surface area contributed by atoms with Crippen molar-refractivity contribution in [2.45, 2.75) is 0 Å². The number of hydrogen-bond donors (Lipinski definition) is 0. The molecule has 3 heterocycles. The van der Waals surface area contributed by atoms with Gasteiger partial charge in [-0.15, -0.1) is 22.7 Å². The minimum Gasteiger partial charge on any atom is -0.454 e. The molecule has 268 valence electrons. The summed E-state index contributed by atoms with van der Waals surface area (Å²) in [6, 6.07) is 70.2. The molecule has 9 aromatic carbocycles. The fourth-order valence-corrected chi connectivity index (χ4v) is 10.9. The number of hydrogen-bond acceptors (Lipinski definition) is 5. The van der Waals surface area contributed by atoms with E-state index in [9.17, 15) is 0 Å². The van der Waals surface area contributed by atoms with Crippen LogP contribution in [0, 0.1) is 0 Å². The summed E-state index contributed by atoms with van der Waals surface area (Å²) in [5.41, 5.74) is 8.04. The Hall–Kier alpha value is -6.92. The zero-order valence-electron chi connectivity index (χ0n) is 30.6. The van der Waals surface area contributed by atoms with Gasteiger partial charge in [-0.25, -0.2) is 0 Å². The summed E-state index contributed by atoms with van der Waals surface area (Å²) in [5.74, 6) is 0. The quantitative estimate of drug-likeness (QED) is 0.168. The molecule has 12 aromatic rings. The van der Waals surface area contributed by atoms with Crippen LogP contribution in [-0.4, -0.2) is 0 Å². The summed E-state index contributed by atoms with van der Waals surface area (Å²) in [6.45, 7) is 0. The van der Waals surface area contributed by atoms with Crippen molar-refractivity contribution in [3.05, 3.63) is 194 Å². The number of thiophene rings is 2. The standard InChI is InChI=1S/C52H32N2OS2/c1-3-14-34(15-4-1)53(35-16-5-2-6-17-35)38-29-44-51-39-18-8-7-13-33(39)23-28-46(51)55-52(44)45(30-38)54(36-24-26-42-40-19-9-11-21-47(40)56-49(42)31-36)37-25-27-43-41-20-10-12-22-48(41)57-50(43)32-37/h1-32H. The van der Waals surface area contributed by atoms with Gasteiger partial charge in [0.25, 0.3) is 0 Å². The largest absolute Gasteiger partial charge is 0.454 e. The number of anilines is 6. The van der Waals surface area contributed by atoms with Gasteiger partial charge in [-0.1, -0.05) is 115 Å². The molecule has 0 atom stereocenters. The van der Waals surface area contributed by atoms with Gasteiger partial charge < -0.3 is 14.2 Å². The predicted octanol–water partition coefficient (Wildman–Crippen LogP) is 16.4. The Labute approximate surface area is 336 Å². The van der Waals surface area contributed by atoms with Crippen LogP contribution in [-0.2, 0) is 0 Å². The SMILES string of the molecule is c1ccc(N(c2ccccc2)c2cc(N(c3ccc4c(c3)sc3ccccc34)c3ccc4c(c3)sc3ccccc34)c3oc4ccc5ccccc5c4c3c2)cc1. The average Bonchev–Trinajstić information content (AvgIpc) is 3.96. The maximum atomic E-state index is 7.08. The van der Waals surface area contributed by atoms with Crippen LogP contribution < -0.4 is 9.80 Å². The van der Waals surface area contributed by atoms with Crippen molar-refractivity contribution in [1.82, 2.24) is 0 Å². The van der Waals surface area contributed by atoms with Gasteiger partial charge in [0.05, 0.1) is 5.69 Å². The molecule has 3 nitrogen and oxygen atoms in total. The summed E-state index contributed by atoms with van der Waals surface area (Å²) in [6.07, 6.45) is 0. The van der Waals surface area contributed by atoms with Gasteiger partial charge >= 0.3 is 0 Å². The van der Waals surface area contributed by atoms with E-state index in [4.69, 9.17) is 4.42 Å². The molecular weight excluding hydrogens is 733 g/mol. The van der Waals surface area contributed by atoms with E-state index in [0.717, 1.165) is 56.1 Å². The summed E-state index contributed by atoms with van der Waals surface area (Å²) in [7, 11) is 0. The summed E-state index contributed by atoms with van der Waals surface area (Å²) in [5, 5.41) is 9.67. The van der Waals surface area contributed by atoms with Gasteiger partial charge in [-0.05, 0) is 89.6 Å². The number of fused-ring (bicyclic) bond motifs is 11. The third-order valence-corrected chi connectivity index (χ3v) is 13.5. The molecule has 0 N–H and O–H groups in total. The molecule has 0 amide bonds. The molecule has 0 fully saturated rings. The van der Waals surface area contributed by atoms with Crippen molar-refractivity contribution < 1.29 is 4.42 Å². The molecule has 3 aromatic heterocycles. The Kier molecular flexibility index (Phi) is 7.27. The Bertz CT molecular complexity index is 3340. The van der Waals surface area contributed by atoms with Crippen LogP contribution in [0.2, 0.25) is 0 Å². The topological polar surface area (TPSA) is 19.6 Å². The molecule has 0 saturated carbocycles. The van der Waals surface area contributed by atoms with Gasteiger partial charge in [0.2, 0.25) is 0 Å². The molecule has 0 saturated heterocycles. The fourth-order valence-electron chi connectivity index (χ4n) is 8.65. The first kappa shape index (κ1) is 32.3. The molecule has 12 rings (SSSR count). The fraction of sp³-hybridized carbons (Fsp3) is 0. The van der Waals surface area contributed by atoms with Crippen LogP contribution in [0.5, 0.6) is 0 Å². The molecule has 0 bridgehead atoms. The Morgan fingerprint density at radius 2 is 0.860 bits per heavy atom. The van der Waals surface area contributed by atoms with Crippen LogP contribution in [0.4, 0.5) is 34.1 Å². The lowest BCUT2D eigenvalue weighted by Crippen LogP contribution is -2.13. The molecule has 5 heteroatoms. The van der Waals surface area contributed by atoms with E-state index in [1.165, 1.54) is 51.1 Å². The van der Waals surface area contributed by atoms with Gasteiger partial charge in [0, 0.05) is 79.6 Å². The smallest absolute Gasteiger partial charge is 0.159 e. The van der Waals surface area contributed by atoms with Crippen LogP contribution in [0.1, 0.15) is 0 Å². The normalized spacial score (nSPS) is 11.9. The van der Waals surface area contributed by atoms with E-state index in [1.54, 1.807) is 0 Å². The lowest BCUT2D eigenvalue weighted by Gasteiger charge is -2.29. The van der Waals surface area contributed by atoms with Crippen molar-refractivity contribution in [3.63, 3.8) is 0 Å². The number of benzene rings is 9.